The number of aliphatic hydroxyl groups is 1. The van der Waals surface area contributed by atoms with Gasteiger partial charge in [0.2, 0.25) is 5.91 Å². The van der Waals surface area contributed by atoms with Crippen LogP contribution in [0.25, 0.3) is 0 Å². The molecule has 1 saturated heterocycles. The van der Waals surface area contributed by atoms with Gasteiger partial charge in [0.15, 0.2) is 6.10 Å². The third-order valence-corrected chi connectivity index (χ3v) is 2.76. The van der Waals surface area contributed by atoms with Crippen molar-refractivity contribution < 1.29 is 19.4 Å². The van der Waals surface area contributed by atoms with E-state index in [1.54, 1.807) is 0 Å². The van der Waals surface area contributed by atoms with Crippen molar-refractivity contribution in [1.29, 1.82) is 0 Å². The highest BCUT2D eigenvalue weighted by Crippen LogP contribution is 2.13. The zero-order chi connectivity index (χ0) is 12.1. The molecule has 3 unspecified atom stereocenters. The summed E-state index contributed by atoms with van der Waals surface area (Å²) >= 11 is 0. The molecule has 1 aliphatic heterocycles. The summed E-state index contributed by atoms with van der Waals surface area (Å²) in [6.45, 7) is 2.69. The van der Waals surface area contributed by atoms with Crippen molar-refractivity contribution in [2.45, 2.75) is 25.5 Å². The summed E-state index contributed by atoms with van der Waals surface area (Å²) in [6, 6.07) is -0.232. The molecule has 6 heteroatoms. The molecule has 1 aliphatic rings. The molecule has 1 fully saturated rings. The van der Waals surface area contributed by atoms with E-state index in [4.69, 9.17) is 0 Å². The number of carbonyl (C=O) groups excluding carboxylic acids is 2. The van der Waals surface area contributed by atoms with E-state index in [2.05, 4.69) is 15.4 Å². The van der Waals surface area contributed by atoms with Crippen LogP contribution >= 0.6 is 0 Å². The van der Waals surface area contributed by atoms with Gasteiger partial charge in [-0.3, -0.25) is 4.79 Å². The van der Waals surface area contributed by atoms with Crippen LogP contribution in [-0.4, -0.2) is 49.3 Å². The number of carbonyl (C=O) groups is 2. The van der Waals surface area contributed by atoms with Crippen molar-refractivity contribution in [1.82, 2.24) is 10.6 Å². The van der Waals surface area contributed by atoms with Gasteiger partial charge in [-0.25, -0.2) is 4.79 Å². The van der Waals surface area contributed by atoms with Crippen LogP contribution in [0.5, 0.6) is 0 Å². The predicted octanol–water partition coefficient (Wildman–Crippen LogP) is -1.37. The second-order valence-electron chi connectivity index (χ2n) is 3.98. The molecule has 3 atom stereocenters. The first-order valence-electron chi connectivity index (χ1n) is 5.33. The molecule has 92 valence electrons. The molecule has 0 aromatic carbocycles. The Morgan fingerprint density at radius 2 is 2.31 bits per heavy atom. The van der Waals surface area contributed by atoms with Gasteiger partial charge in [0.25, 0.3) is 0 Å². The van der Waals surface area contributed by atoms with Gasteiger partial charge in [0, 0.05) is 0 Å². The third-order valence-electron chi connectivity index (χ3n) is 2.76. The molecule has 0 aliphatic carbocycles. The van der Waals surface area contributed by atoms with Gasteiger partial charge in [-0.05, 0) is 18.9 Å². The van der Waals surface area contributed by atoms with Crippen LogP contribution in [0.1, 0.15) is 13.3 Å². The van der Waals surface area contributed by atoms with Crippen LogP contribution in [0, 0.1) is 5.92 Å². The van der Waals surface area contributed by atoms with Crippen LogP contribution in [0.4, 0.5) is 0 Å². The number of methoxy groups -OCH3 is 1. The van der Waals surface area contributed by atoms with E-state index in [0.29, 0.717) is 0 Å². The summed E-state index contributed by atoms with van der Waals surface area (Å²) in [5.41, 5.74) is 0. The third kappa shape index (κ3) is 3.18. The van der Waals surface area contributed by atoms with Gasteiger partial charge in [-0.1, -0.05) is 6.92 Å². The van der Waals surface area contributed by atoms with Crippen molar-refractivity contribution in [3.8, 4) is 0 Å². The van der Waals surface area contributed by atoms with E-state index in [9.17, 15) is 14.7 Å². The zero-order valence-corrected chi connectivity index (χ0v) is 9.53. The summed E-state index contributed by atoms with van der Waals surface area (Å²) < 4.78 is 4.34. The Morgan fingerprint density at radius 3 is 2.81 bits per heavy atom. The molecule has 0 aromatic rings. The van der Waals surface area contributed by atoms with Gasteiger partial charge in [0.1, 0.15) is 0 Å². The molecule has 16 heavy (non-hydrogen) atoms. The largest absolute Gasteiger partial charge is 0.467 e. The Labute approximate surface area is 94.3 Å². The first-order chi connectivity index (χ1) is 7.56. The van der Waals surface area contributed by atoms with Crippen molar-refractivity contribution in [2.75, 3.05) is 20.2 Å². The van der Waals surface area contributed by atoms with Crippen LogP contribution < -0.4 is 10.6 Å². The number of ether oxygens (including phenoxy) is 1. The van der Waals surface area contributed by atoms with Crippen LogP contribution in [0.15, 0.2) is 0 Å². The highest BCUT2D eigenvalue weighted by Gasteiger charge is 2.29. The van der Waals surface area contributed by atoms with Gasteiger partial charge in [0.05, 0.1) is 19.7 Å². The lowest BCUT2D eigenvalue weighted by atomic mass is 10.0. The molecule has 6 nitrogen and oxygen atoms in total. The monoisotopic (exact) mass is 230 g/mol. The van der Waals surface area contributed by atoms with Gasteiger partial charge < -0.3 is 20.5 Å². The first-order valence-corrected chi connectivity index (χ1v) is 5.33. The van der Waals surface area contributed by atoms with Crippen molar-refractivity contribution >= 4 is 11.9 Å². The van der Waals surface area contributed by atoms with E-state index in [1.165, 1.54) is 7.11 Å². The zero-order valence-electron chi connectivity index (χ0n) is 9.53. The smallest absolute Gasteiger partial charge is 0.336 e. The standard InChI is InChI=1S/C10H18N2O4/c1-6-3-4-11-8(6)9(14)12-5-7(13)10(15)16-2/h6-8,11,13H,3-5H2,1-2H3,(H,12,14). The second-order valence-corrected chi connectivity index (χ2v) is 3.98. The molecule has 3 N–H and O–H groups in total. The fourth-order valence-corrected chi connectivity index (χ4v) is 1.71. The number of rotatable bonds is 4. The Balaban J connectivity index is 2.32. The lowest BCUT2D eigenvalue weighted by Gasteiger charge is -2.16. The maximum atomic E-state index is 11.6. The minimum atomic E-state index is -1.30. The van der Waals surface area contributed by atoms with Gasteiger partial charge >= 0.3 is 5.97 Å². The lowest BCUT2D eigenvalue weighted by molar-refractivity contribution is -0.150. The summed E-state index contributed by atoms with van der Waals surface area (Å²) in [6.07, 6.45) is -0.344. The van der Waals surface area contributed by atoms with Crippen molar-refractivity contribution in [2.24, 2.45) is 5.92 Å². The highest BCUT2D eigenvalue weighted by molar-refractivity contribution is 5.83. The number of esters is 1. The number of nitrogens with one attached hydrogen (secondary N) is 2. The highest BCUT2D eigenvalue weighted by atomic mass is 16.5. The summed E-state index contributed by atoms with van der Waals surface area (Å²) in [7, 11) is 1.19. The fraction of sp³-hybridized carbons (Fsp3) is 0.800. The van der Waals surface area contributed by atoms with E-state index < -0.39 is 12.1 Å². The fourth-order valence-electron chi connectivity index (χ4n) is 1.71. The van der Waals surface area contributed by atoms with Gasteiger partial charge in [-0.2, -0.15) is 0 Å². The van der Waals surface area contributed by atoms with Crippen LogP contribution in [0.3, 0.4) is 0 Å². The minimum Gasteiger partial charge on any atom is -0.467 e. The molecule has 0 bridgehead atoms. The van der Waals surface area contributed by atoms with Gasteiger partial charge in [-0.15, -0.1) is 0 Å². The molecular weight excluding hydrogens is 212 g/mol. The Morgan fingerprint density at radius 1 is 1.62 bits per heavy atom. The molecule has 1 heterocycles. The van der Waals surface area contributed by atoms with Crippen LogP contribution in [-0.2, 0) is 14.3 Å². The molecule has 1 rings (SSSR count). The average Bonchev–Trinajstić information content (AvgIpc) is 2.70. The van der Waals surface area contributed by atoms with Crippen molar-refractivity contribution in [3.05, 3.63) is 0 Å². The second kappa shape index (κ2) is 5.81. The molecule has 1 amide bonds. The van der Waals surface area contributed by atoms with Crippen LogP contribution in [0.2, 0.25) is 0 Å². The maximum Gasteiger partial charge on any atom is 0.336 e. The predicted molar refractivity (Wildman–Crippen MR) is 56.6 cm³/mol. The van der Waals surface area contributed by atoms with E-state index in [-0.39, 0.29) is 24.4 Å². The number of amides is 1. The number of hydrogen-bond acceptors (Lipinski definition) is 5. The normalized spacial score (nSPS) is 26.2. The molecular formula is C10H18N2O4. The number of aliphatic hydroxyl groups excluding tert-OH is 1. The Bertz CT molecular complexity index is 270. The summed E-state index contributed by atoms with van der Waals surface area (Å²) in [5, 5.41) is 14.8. The summed E-state index contributed by atoms with van der Waals surface area (Å²) in [5.74, 6) is -0.657. The Hall–Kier alpha value is -1.14. The average molecular weight is 230 g/mol. The summed E-state index contributed by atoms with van der Waals surface area (Å²) in [4.78, 5) is 22.5. The van der Waals surface area contributed by atoms with E-state index in [0.717, 1.165) is 13.0 Å². The number of hydrogen-bond donors (Lipinski definition) is 3. The van der Waals surface area contributed by atoms with E-state index in [1.807, 2.05) is 6.92 Å². The molecule has 0 aromatic heterocycles. The molecule has 0 spiro atoms. The SMILES string of the molecule is COC(=O)C(O)CNC(=O)C1NCCC1C. The lowest BCUT2D eigenvalue weighted by Crippen LogP contribution is -2.46. The minimum absolute atomic E-state index is 0.115. The van der Waals surface area contributed by atoms with Crippen molar-refractivity contribution in [3.63, 3.8) is 0 Å². The van der Waals surface area contributed by atoms with E-state index >= 15 is 0 Å². The maximum absolute atomic E-state index is 11.6. The molecule has 0 radical (unpaired) electrons. The Kier molecular flexibility index (Phi) is 4.70. The quantitative estimate of drug-likeness (QED) is 0.519. The molecule has 0 saturated carbocycles. The topological polar surface area (TPSA) is 87.7 Å². The first kappa shape index (κ1) is 12.9.